The van der Waals surface area contributed by atoms with Gasteiger partial charge in [0.1, 0.15) is 6.61 Å². The van der Waals surface area contributed by atoms with Gasteiger partial charge in [0.2, 0.25) is 10.0 Å². The SMILES string of the molecule is C=CCN(C(=O)OCc1ccc([N+](=O)[O-])cc1)C1CCN(CCC(CN(C)S(=O)(=O)c2ccccc2)c2cccc(Cl)c2)CC1. The predicted octanol–water partition coefficient (Wildman–Crippen LogP) is 6.33. The summed E-state index contributed by atoms with van der Waals surface area (Å²) >= 11 is 6.32. The number of carbonyl (C=O) groups is 1. The summed E-state index contributed by atoms with van der Waals surface area (Å²) < 4.78 is 33.5. The van der Waals surface area contributed by atoms with E-state index in [1.165, 1.54) is 16.4 Å². The highest BCUT2D eigenvalue weighted by molar-refractivity contribution is 7.89. The molecule has 1 unspecified atom stereocenters. The molecule has 1 saturated heterocycles. The van der Waals surface area contributed by atoms with Gasteiger partial charge >= 0.3 is 6.09 Å². The molecule has 1 aliphatic rings. The van der Waals surface area contributed by atoms with E-state index in [4.69, 9.17) is 16.3 Å². The molecular formula is C33H39ClN4O6S. The van der Waals surface area contributed by atoms with E-state index in [2.05, 4.69) is 11.5 Å². The molecule has 0 N–H and O–H groups in total. The molecule has 1 heterocycles. The van der Waals surface area contributed by atoms with Gasteiger partial charge in [-0.25, -0.2) is 17.5 Å². The summed E-state index contributed by atoms with van der Waals surface area (Å²) in [5.41, 5.74) is 1.63. The Morgan fingerprint density at radius 2 is 1.80 bits per heavy atom. The van der Waals surface area contributed by atoms with E-state index in [1.807, 2.05) is 24.3 Å². The number of nitro benzene ring substituents is 1. The fourth-order valence-corrected chi connectivity index (χ4v) is 6.99. The second-order valence-electron chi connectivity index (χ2n) is 11.1. The Bertz CT molecular complexity index is 1550. The lowest BCUT2D eigenvalue weighted by molar-refractivity contribution is -0.384. The number of carbonyl (C=O) groups excluding carboxylic acids is 1. The molecule has 0 bridgehead atoms. The highest BCUT2D eigenvalue weighted by Gasteiger charge is 2.30. The van der Waals surface area contributed by atoms with Gasteiger partial charge in [-0.05, 0) is 79.3 Å². The lowest BCUT2D eigenvalue weighted by atomic mass is 9.94. The first kappa shape index (κ1) is 34.1. The Labute approximate surface area is 270 Å². The van der Waals surface area contributed by atoms with Crippen molar-refractivity contribution in [2.75, 3.05) is 39.8 Å². The molecule has 45 heavy (non-hydrogen) atoms. The number of benzene rings is 3. The number of piperidine rings is 1. The maximum atomic E-state index is 13.3. The summed E-state index contributed by atoms with van der Waals surface area (Å²) in [5, 5.41) is 11.5. The number of rotatable bonds is 14. The van der Waals surface area contributed by atoms with Crippen molar-refractivity contribution in [1.29, 1.82) is 0 Å². The average molecular weight is 655 g/mol. The van der Waals surface area contributed by atoms with E-state index in [1.54, 1.807) is 60.5 Å². The molecule has 1 amide bonds. The Balaban J connectivity index is 1.34. The van der Waals surface area contributed by atoms with Gasteiger partial charge in [0, 0.05) is 56.4 Å². The Kier molecular flexibility index (Phi) is 12.1. The Hall–Kier alpha value is -3.77. The normalized spacial score (nSPS) is 15.0. The van der Waals surface area contributed by atoms with Crippen LogP contribution >= 0.6 is 11.6 Å². The van der Waals surface area contributed by atoms with E-state index in [0.717, 1.165) is 44.5 Å². The Morgan fingerprint density at radius 1 is 1.11 bits per heavy atom. The van der Waals surface area contributed by atoms with Crippen LogP contribution in [-0.2, 0) is 21.4 Å². The van der Waals surface area contributed by atoms with Crippen LogP contribution in [0.2, 0.25) is 5.02 Å². The molecule has 0 spiro atoms. The molecule has 3 aromatic rings. The standard InChI is InChI=1S/C33H39ClN4O6S/c1-3-19-37(33(39)44-25-26-12-14-31(15-13-26)38(40)41)30-17-21-36(22-18-30)20-16-28(27-8-7-9-29(34)23-27)24-35(2)45(42,43)32-10-5-4-6-11-32/h3-15,23,28,30H,1,16-22,24-25H2,2H3. The van der Waals surface area contributed by atoms with Gasteiger partial charge in [-0.2, -0.15) is 0 Å². The van der Waals surface area contributed by atoms with Gasteiger partial charge in [0.25, 0.3) is 5.69 Å². The molecule has 3 aromatic carbocycles. The molecule has 4 rings (SSSR count). The number of nitrogens with zero attached hydrogens (tertiary/aromatic N) is 4. The number of sulfonamides is 1. The van der Waals surface area contributed by atoms with Crippen LogP contribution in [-0.4, -0.2) is 79.4 Å². The smallest absolute Gasteiger partial charge is 0.410 e. The highest BCUT2D eigenvalue weighted by atomic mass is 35.5. The van der Waals surface area contributed by atoms with Crippen LogP contribution in [0.25, 0.3) is 0 Å². The van der Waals surface area contributed by atoms with Crippen molar-refractivity contribution in [3.63, 3.8) is 0 Å². The van der Waals surface area contributed by atoms with Gasteiger partial charge in [-0.15, -0.1) is 6.58 Å². The maximum Gasteiger partial charge on any atom is 0.410 e. The zero-order valence-corrected chi connectivity index (χ0v) is 26.9. The first-order valence-electron chi connectivity index (χ1n) is 14.8. The highest BCUT2D eigenvalue weighted by Crippen LogP contribution is 2.27. The summed E-state index contributed by atoms with van der Waals surface area (Å²) in [7, 11) is -2.04. The van der Waals surface area contributed by atoms with Crippen molar-refractivity contribution >= 4 is 33.4 Å². The first-order chi connectivity index (χ1) is 21.6. The minimum atomic E-state index is -3.65. The van der Waals surface area contributed by atoms with E-state index < -0.39 is 21.0 Å². The van der Waals surface area contributed by atoms with Crippen LogP contribution in [0.3, 0.4) is 0 Å². The minimum absolute atomic E-state index is 0.0165. The fourth-order valence-electron chi connectivity index (χ4n) is 5.55. The lowest BCUT2D eigenvalue weighted by Crippen LogP contribution is -2.48. The monoisotopic (exact) mass is 654 g/mol. The molecule has 0 aromatic heterocycles. The second kappa shape index (κ2) is 16.0. The number of non-ortho nitro benzene ring substituents is 1. The molecule has 240 valence electrons. The largest absolute Gasteiger partial charge is 0.445 e. The minimum Gasteiger partial charge on any atom is -0.445 e. The van der Waals surface area contributed by atoms with Crippen LogP contribution in [0.4, 0.5) is 10.5 Å². The van der Waals surface area contributed by atoms with E-state index in [9.17, 15) is 23.3 Å². The molecular weight excluding hydrogens is 616 g/mol. The van der Waals surface area contributed by atoms with Gasteiger partial charge < -0.3 is 14.5 Å². The fraction of sp³-hybridized carbons (Fsp3) is 0.364. The van der Waals surface area contributed by atoms with E-state index >= 15 is 0 Å². The summed E-state index contributed by atoms with van der Waals surface area (Å²) in [5.74, 6) is -0.0726. The number of hydrogen-bond acceptors (Lipinski definition) is 7. The van der Waals surface area contributed by atoms with Crippen molar-refractivity contribution in [2.24, 2.45) is 0 Å². The van der Waals surface area contributed by atoms with Crippen LogP contribution in [0, 0.1) is 10.1 Å². The molecule has 0 radical (unpaired) electrons. The third-order valence-electron chi connectivity index (χ3n) is 8.11. The molecule has 0 saturated carbocycles. The zero-order valence-electron chi connectivity index (χ0n) is 25.3. The van der Waals surface area contributed by atoms with Gasteiger partial charge in [0.15, 0.2) is 0 Å². The van der Waals surface area contributed by atoms with Crippen molar-refractivity contribution in [1.82, 2.24) is 14.1 Å². The molecule has 0 aliphatic carbocycles. The van der Waals surface area contributed by atoms with E-state index in [0.29, 0.717) is 23.7 Å². The summed E-state index contributed by atoms with van der Waals surface area (Å²) in [6, 6.07) is 21.9. The number of amides is 1. The molecule has 1 atom stereocenters. The van der Waals surface area contributed by atoms with Crippen molar-refractivity contribution in [3.8, 4) is 0 Å². The number of nitro groups is 1. The maximum absolute atomic E-state index is 13.3. The first-order valence-corrected chi connectivity index (χ1v) is 16.7. The summed E-state index contributed by atoms with van der Waals surface area (Å²) in [6.45, 7) is 6.78. The Morgan fingerprint density at radius 3 is 2.42 bits per heavy atom. The van der Waals surface area contributed by atoms with Crippen LogP contribution in [0.15, 0.2) is 96.4 Å². The molecule has 1 aliphatic heterocycles. The number of halogens is 1. The number of hydrogen-bond donors (Lipinski definition) is 0. The topological polar surface area (TPSA) is 113 Å². The van der Waals surface area contributed by atoms with Gasteiger partial charge in [0.05, 0.1) is 9.82 Å². The summed E-state index contributed by atoms with van der Waals surface area (Å²) in [4.78, 5) is 27.7. The number of ether oxygens (including phenoxy) is 1. The molecule has 1 fully saturated rings. The average Bonchev–Trinajstić information content (AvgIpc) is 3.05. The van der Waals surface area contributed by atoms with Crippen molar-refractivity contribution in [3.05, 3.63) is 118 Å². The third kappa shape index (κ3) is 9.37. The third-order valence-corrected chi connectivity index (χ3v) is 10.2. The van der Waals surface area contributed by atoms with Crippen molar-refractivity contribution in [2.45, 2.75) is 42.7 Å². The van der Waals surface area contributed by atoms with E-state index in [-0.39, 0.29) is 29.1 Å². The molecule has 10 nitrogen and oxygen atoms in total. The van der Waals surface area contributed by atoms with Crippen LogP contribution in [0.1, 0.15) is 36.3 Å². The zero-order chi connectivity index (χ0) is 32.4. The predicted molar refractivity (Wildman–Crippen MR) is 175 cm³/mol. The number of likely N-dealkylation sites (tertiary alicyclic amines) is 1. The van der Waals surface area contributed by atoms with Crippen LogP contribution < -0.4 is 0 Å². The quantitative estimate of drug-likeness (QED) is 0.113. The van der Waals surface area contributed by atoms with Gasteiger partial charge in [-0.1, -0.05) is 48.0 Å². The number of likely N-dealkylation sites (N-methyl/N-ethyl adjacent to an activating group) is 1. The van der Waals surface area contributed by atoms with Gasteiger partial charge in [-0.3, -0.25) is 10.1 Å². The molecule has 12 heteroatoms. The summed E-state index contributed by atoms with van der Waals surface area (Å²) in [6.07, 6.45) is 3.47. The second-order valence-corrected chi connectivity index (χ2v) is 13.6. The van der Waals surface area contributed by atoms with Crippen molar-refractivity contribution < 1.29 is 22.9 Å². The van der Waals surface area contributed by atoms with Crippen LogP contribution in [0.5, 0.6) is 0 Å². The lowest BCUT2D eigenvalue weighted by Gasteiger charge is -2.38.